The van der Waals surface area contributed by atoms with E-state index in [0.29, 0.717) is 5.56 Å². The Morgan fingerprint density at radius 1 is 1.19 bits per heavy atom. The summed E-state index contributed by atoms with van der Waals surface area (Å²) in [5.41, 5.74) is -1.46. The van der Waals surface area contributed by atoms with Crippen LogP contribution in [0.1, 0.15) is 19.4 Å². The number of hydrogen-bond donors (Lipinski definition) is 2. The molecule has 14 heteroatoms. The van der Waals surface area contributed by atoms with E-state index in [1.165, 1.54) is 12.0 Å². The lowest BCUT2D eigenvalue weighted by molar-refractivity contribution is -0.153. The number of fused-ring (bicyclic) bond motifs is 5. The zero-order valence-corrected chi connectivity index (χ0v) is 20.2. The van der Waals surface area contributed by atoms with Crippen LogP contribution in [0.5, 0.6) is 0 Å². The number of carbonyl (C=O) groups excluding carboxylic acids is 4. The molecule has 5 amide bonds. The second kappa shape index (κ2) is 8.11. The van der Waals surface area contributed by atoms with Crippen molar-refractivity contribution < 1.29 is 42.3 Å². The topological polar surface area (TPSA) is 153 Å². The number of rotatable bonds is 3. The average molecular weight is 517 g/mol. The lowest BCUT2D eigenvalue weighted by atomic mass is 9.66. The van der Waals surface area contributed by atoms with E-state index in [4.69, 9.17) is 18.7 Å². The number of halogens is 1. The van der Waals surface area contributed by atoms with E-state index < -0.39 is 53.4 Å². The van der Waals surface area contributed by atoms with Crippen molar-refractivity contribution >= 4 is 46.4 Å². The minimum atomic E-state index is -1.77. The van der Waals surface area contributed by atoms with Crippen LogP contribution in [-0.2, 0) is 30.2 Å². The number of amides is 5. The van der Waals surface area contributed by atoms with Crippen molar-refractivity contribution in [2.45, 2.75) is 44.6 Å². The summed E-state index contributed by atoms with van der Waals surface area (Å²) in [6.45, 7) is 3.97. The summed E-state index contributed by atoms with van der Waals surface area (Å²) in [6, 6.07) is -0.255. The van der Waals surface area contributed by atoms with Crippen molar-refractivity contribution in [3.63, 3.8) is 0 Å². The molecule has 4 atom stereocenters. The fourth-order valence-corrected chi connectivity index (χ4v) is 6.10. The number of morpholine rings is 1. The molecule has 4 aliphatic heterocycles. The Balaban J connectivity index is 1.52. The van der Waals surface area contributed by atoms with E-state index in [2.05, 4.69) is 15.8 Å². The minimum absolute atomic E-state index is 0.0490. The average Bonchev–Trinajstić information content (AvgIpc) is 3.40. The summed E-state index contributed by atoms with van der Waals surface area (Å²) in [5.74, 6) is -2.26. The molecule has 0 aliphatic carbocycles. The van der Waals surface area contributed by atoms with E-state index >= 15 is 4.39 Å². The van der Waals surface area contributed by atoms with Crippen molar-refractivity contribution in [3.05, 3.63) is 17.4 Å². The summed E-state index contributed by atoms with van der Waals surface area (Å²) in [5, 5.41) is 8.52. The molecule has 0 radical (unpaired) electrons. The zero-order valence-electron chi connectivity index (χ0n) is 20.2. The van der Waals surface area contributed by atoms with Gasteiger partial charge in [0.25, 0.3) is 0 Å². The maximum atomic E-state index is 16.2. The number of nitrogens with zero attached hydrogens (tertiary/aromatic N) is 3. The van der Waals surface area contributed by atoms with Crippen LogP contribution < -0.4 is 20.4 Å². The third-order valence-corrected chi connectivity index (χ3v) is 7.43. The van der Waals surface area contributed by atoms with Gasteiger partial charge in [0.1, 0.15) is 6.10 Å². The number of cyclic esters (lactones) is 1. The molecule has 3 fully saturated rings. The third kappa shape index (κ3) is 3.25. The maximum Gasteiger partial charge on any atom is 0.416 e. The first-order chi connectivity index (χ1) is 17.6. The Hall–Kier alpha value is -3.78. The van der Waals surface area contributed by atoms with Crippen LogP contribution >= 0.6 is 0 Å². The number of barbiturate groups is 1. The van der Waals surface area contributed by atoms with Gasteiger partial charge in [-0.1, -0.05) is 5.16 Å². The molecular formula is C23H24FN5O8. The summed E-state index contributed by atoms with van der Waals surface area (Å²) in [6.07, 6.45) is -2.45. The molecule has 0 saturated carbocycles. The number of carbonyl (C=O) groups is 4. The van der Waals surface area contributed by atoms with Gasteiger partial charge in [-0.3, -0.25) is 25.1 Å². The monoisotopic (exact) mass is 517 g/mol. The van der Waals surface area contributed by atoms with Crippen molar-refractivity contribution in [3.8, 4) is 0 Å². The molecule has 1 aromatic heterocycles. The van der Waals surface area contributed by atoms with Gasteiger partial charge in [0.05, 0.1) is 42.5 Å². The van der Waals surface area contributed by atoms with E-state index in [1.54, 1.807) is 24.8 Å². The van der Waals surface area contributed by atoms with Crippen LogP contribution in [0.3, 0.4) is 0 Å². The number of nitrogens with one attached hydrogen (secondary N) is 2. The van der Waals surface area contributed by atoms with Gasteiger partial charge in [-0.15, -0.1) is 0 Å². The number of anilines is 2. The molecule has 37 heavy (non-hydrogen) atoms. The molecule has 0 bridgehead atoms. The summed E-state index contributed by atoms with van der Waals surface area (Å²) in [7, 11) is 1.48. The number of urea groups is 1. The second-order valence-electron chi connectivity index (χ2n) is 9.79. The highest BCUT2D eigenvalue weighted by Gasteiger charge is 2.63. The molecule has 1 aromatic carbocycles. The van der Waals surface area contributed by atoms with Gasteiger partial charge in [-0.05, 0) is 25.5 Å². The minimum Gasteiger partial charge on any atom is -0.441 e. The van der Waals surface area contributed by atoms with Crippen LogP contribution in [0, 0.1) is 11.2 Å². The number of aromatic nitrogens is 1. The molecule has 196 valence electrons. The normalized spacial score (nSPS) is 28.8. The smallest absolute Gasteiger partial charge is 0.416 e. The molecule has 5 heterocycles. The molecule has 0 unspecified atom stereocenters. The molecule has 2 N–H and O–H groups in total. The zero-order chi connectivity index (χ0) is 26.2. The maximum absolute atomic E-state index is 16.2. The van der Waals surface area contributed by atoms with Crippen LogP contribution in [0.4, 0.5) is 25.5 Å². The summed E-state index contributed by atoms with van der Waals surface area (Å²) in [4.78, 5) is 53.9. The quantitative estimate of drug-likeness (QED) is 0.560. The molecule has 4 aliphatic rings. The SMILES string of the molecule is COC[C@@H]1CN(c2noc3c(F)c4c(cc23)CC2(C(=O)NC(=O)NC2=O)[C@@H]2[C@@H](C)O[C@H](C)CN42)C(=O)O1. The van der Waals surface area contributed by atoms with Gasteiger partial charge in [0, 0.05) is 20.1 Å². The van der Waals surface area contributed by atoms with Crippen molar-refractivity contribution in [2.24, 2.45) is 5.41 Å². The molecular weight excluding hydrogens is 493 g/mol. The van der Waals surface area contributed by atoms with Crippen molar-refractivity contribution in [2.75, 3.05) is 36.6 Å². The van der Waals surface area contributed by atoms with Gasteiger partial charge < -0.3 is 23.6 Å². The van der Waals surface area contributed by atoms with Crippen LogP contribution in [0.2, 0.25) is 0 Å². The fourth-order valence-electron chi connectivity index (χ4n) is 6.10. The van der Waals surface area contributed by atoms with E-state index in [9.17, 15) is 19.2 Å². The van der Waals surface area contributed by atoms with Crippen LogP contribution in [0.15, 0.2) is 10.6 Å². The van der Waals surface area contributed by atoms with Gasteiger partial charge >= 0.3 is 12.1 Å². The molecule has 3 saturated heterocycles. The highest BCUT2D eigenvalue weighted by Crippen LogP contribution is 2.49. The lowest BCUT2D eigenvalue weighted by Crippen LogP contribution is -2.75. The number of hydrogen-bond acceptors (Lipinski definition) is 10. The number of methoxy groups -OCH3 is 1. The molecule has 2 aromatic rings. The lowest BCUT2D eigenvalue weighted by Gasteiger charge is -2.55. The van der Waals surface area contributed by atoms with Gasteiger partial charge in [-0.2, -0.15) is 0 Å². The first-order valence-electron chi connectivity index (χ1n) is 11.8. The Bertz CT molecular complexity index is 1340. The first-order valence-corrected chi connectivity index (χ1v) is 11.8. The number of benzene rings is 1. The largest absolute Gasteiger partial charge is 0.441 e. The highest BCUT2D eigenvalue weighted by molar-refractivity contribution is 6.20. The summed E-state index contributed by atoms with van der Waals surface area (Å²) < 4.78 is 37.8. The van der Waals surface area contributed by atoms with Crippen LogP contribution in [0.25, 0.3) is 11.0 Å². The Labute approximate surface area is 209 Å². The molecule has 6 rings (SSSR count). The summed E-state index contributed by atoms with van der Waals surface area (Å²) >= 11 is 0. The van der Waals surface area contributed by atoms with Crippen molar-refractivity contribution in [1.29, 1.82) is 0 Å². The predicted molar refractivity (Wildman–Crippen MR) is 122 cm³/mol. The fraction of sp³-hybridized carbons (Fsp3) is 0.522. The van der Waals surface area contributed by atoms with Gasteiger partial charge in [0.15, 0.2) is 17.1 Å². The van der Waals surface area contributed by atoms with Crippen LogP contribution in [-0.4, -0.2) is 80.3 Å². The first kappa shape index (κ1) is 23.6. The Kier molecular flexibility index (Phi) is 5.18. The predicted octanol–water partition coefficient (Wildman–Crippen LogP) is 0.829. The number of imide groups is 2. The van der Waals surface area contributed by atoms with E-state index in [-0.39, 0.29) is 54.7 Å². The van der Waals surface area contributed by atoms with E-state index in [1.807, 2.05) is 0 Å². The Morgan fingerprint density at radius 3 is 2.62 bits per heavy atom. The molecule has 1 spiro atoms. The van der Waals surface area contributed by atoms with E-state index in [0.717, 1.165) is 0 Å². The number of ether oxygens (including phenoxy) is 3. The standard InChI is InChI=1S/C23H24FN5O8/c1-9-6-28-15-11(5-23(17(28)10(2)35-9)19(30)25-21(32)26-20(23)31)4-13-16(14(15)24)37-27-18(13)29-7-12(8-34-3)36-22(29)33/h4,9-10,12,17H,5-8H2,1-3H3,(H2,25,26,30,31,32)/t9-,10-,12+,17+/m1/s1. The second-order valence-corrected chi connectivity index (χ2v) is 9.79. The van der Waals surface area contributed by atoms with Gasteiger partial charge in [-0.25, -0.2) is 14.0 Å². The third-order valence-electron chi connectivity index (χ3n) is 7.43. The Morgan fingerprint density at radius 2 is 1.92 bits per heavy atom. The van der Waals surface area contributed by atoms with Gasteiger partial charge in [0.2, 0.25) is 17.4 Å². The molecule has 13 nitrogen and oxygen atoms in total. The highest BCUT2D eigenvalue weighted by atomic mass is 19.1. The van der Waals surface area contributed by atoms with Crippen molar-refractivity contribution in [1.82, 2.24) is 15.8 Å².